The molecular formula is C24H28O2. The number of carbonyl (C=O) groups is 1. The van der Waals surface area contributed by atoms with Gasteiger partial charge in [-0.15, -0.1) is 6.58 Å². The minimum Gasteiger partial charge on any atom is -0.490 e. The first kappa shape index (κ1) is 19.7. The standard InChI is InChI=1S/C24H28O2/c1-3-4-5-9-19-26-20(2)24(25)14-10-11-21-15-17-23(18-16-21)22-12-7-6-8-13-22/h3,6-8,12-13,15-18H,1-2,4-5,9-11,14,19H2. The van der Waals surface area contributed by atoms with E-state index in [4.69, 9.17) is 4.74 Å². The molecule has 0 saturated heterocycles. The van der Waals surface area contributed by atoms with E-state index in [9.17, 15) is 4.79 Å². The molecule has 2 aromatic carbocycles. The van der Waals surface area contributed by atoms with Gasteiger partial charge in [0.1, 0.15) is 0 Å². The zero-order valence-corrected chi connectivity index (χ0v) is 15.5. The van der Waals surface area contributed by atoms with Crippen LogP contribution in [0, 0.1) is 0 Å². The molecule has 0 atom stereocenters. The number of ether oxygens (including phenoxy) is 1. The van der Waals surface area contributed by atoms with Gasteiger partial charge in [-0.05, 0) is 48.8 Å². The molecule has 0 aliphatic rings. The third-order valence-electron chi connectivity index (χ3n) is 4.32. The molecule has 0 spiro atoms. The van der Waals surface area contributed by atoms with Gasteiger partial charge >= 0.3 is 0 Å². The van der Waals surface area contributed by atoms with Crippen LogP contribution in [0.4, 0.5) is 0 Å². The maximum atomic E-state index is 12.1. The molecule has 2 nitrogen and oxygen atoms in total. The summed E-state index contributed by atoms with van der Waals surface area (Å²) in [5, 5.41) is 0. The lowest BCUT2D eigenvalue weighted by Gasteiger charge is -2.08. The quantitative estimate of drug-likeness (QED) is 0.199. The Balaban J connectivity index is 1.69. The van der Waals surface area contributed by atoms with Crippen molar-refractivity contribution in [1.29, 1.82) is 0 Å². The van der Waals surface area contributed by atoms with Crippen molar-refractivity contribution >= 4 is 5.78 Å². The molecule has 0 heterocycles. The van der Waals surface area contributed by atoms with Crippen LogP contribution in [0.5, 0.6) is 0 Å². The number of carbonyl (C=O) groups excluding carboxylic acids is 1. The van der Waals surface area contributed by atoms with Crippen molar-refractivity contribution in [2.24, 2.45) is 0 Å². The molecule has 0 aromatic heterocycles. The van der Waals surface area contributed by atoms with E-state index in [0.717, 1.165) is 32.1 Å². The lowest BCUT2D eigenvalue weighted by atomic mass is 10.0. The average molecular weight is 348 g/mol. The summed E-state index contributed by atoms with van der Waals surface area (Å²) in [5.41, 5.74) is 3.67. The molecule has 2 rings (SSSR count). The Labute approximate surface area is 157 Å². The molecule has 0 unspecified atom stereocenters. The Morgan fingerprint density at radius 2 is 1.62 bits per heavy atom. The van der Waals surface area contributed by atoms with Gasteiger partial charge < -0.3 is 4.74 Å². The van der Waals surface area contributed by atoms with Gasteiger partial charge in [0.05, 0.1) is 6.61 Å². The van der Waals surface area contributed by atoms with Crippen molar-refractivity contribution in [2.45, 2.75) is 38.5 Å². The predicted molar refractivity (Wildman–Crippen MR) is 109 cm³/mol. The lowest BCUT2D eigenvalue weighted by Crippen LogP contribution is -2.06. The first-order valence-electron chi connectivity index (χ1n) is 9.31. The van der Waals surface area contributed by atoms with Crippen molar-refractivity contribution in [3.8, 4) is 11.1 Å². The van der Waals surface area contributed by atoms with E-state index < -0.39 is 0 Å². The third-order valence-corrected chi connectivity index (χ3v) is 4.32. The normalized spacial score (nSPS) is 10.3. The van der Waals surface area contributed by atoms with Crippen molar-refractivity contribution < 1.29 is 9.53 Å². The summed E-state index contributed by atoms with van der Waals surface area (Å²) in [6, 6.07) is 18.9. The number of hydrogen-bond donors (Lipinski definition) is 0. The smallest absolute Gasteiger partial charge is 0.196 e. The topological polar surface area (TPSA) is 26.3 Å². The van der Waals surface area contributed by atoms with Gasteiger partial charge in [-0.3, -0.25) is 4.79 Å². The first-order chi connectivity index (χ1) is 12.7. The molecule has 2 heteroatoms. The summed E-state index contributed by atoms with van der Waals surface area (Å²) in [5.74, 6) is 0.303. The molecule has 0 saturated carbocycles. The van der Waals surface area contributed by atoms with Gasteiger partial charge in [-0.1, -0.05) is 67.3 Å². The highest BCUT2D eigenvalue weighted by Crippen LogP contribution is 2.20. The summed E-state index contributed by atoms with van der Waals surface area (Å²) in [4.78, 5) is 12.1. The minimum atomic E-state index is 0.00891. The number of Topliss-reactive ketones (excluding diaryl/α,β-unsaturated/α-hetero) is 1. The van der Waals surface area contributed by atoms with Gasteiger partial charge in [0.25, 0.3) is 0 Å². The molecule has 0 aliphatic carbocycles. The van der Waals surface area contributed by atoms with Crippen LogP contribution in [0.1, 0.15) is 37.7 Å². The Bertz CT molecular complexity index is 699. The van der Waals surface area contributed by atoms with E-state index in [1.165, 1.54) is 16.7 Å². The van der Waals surface area contributed by atoms with E-state index in [2.05, 4.69) is 49.6 Å². The van der Waals surface area contributed by atoms with Crippen LogP contribution in [0.2, 0.25) is 0 Å². The summed E-state index contributed by atoms with van der Waals surface area (Å²) >= 11 is 0. The Hall–Kier alpha value is -2.61. The highest BCUT2D eigenvalue weighted by atomic mass is 16.5. The summed E-state index contributed by atoms with van der Waals surface area (Å²) in [6.45, 7) is 7.99. The van der Waals surface area contributed by atoms with E-state index >= 15 is 0 Å². The molecular weight excluding hydrogens is 320 g/mol. The maximum absolute atomic E-state index is 12.1. The van der Waals surface area contributed by atoms with Gasteiger partial charge in [-0.25, -0.2) is 0 Å². The maximum Gasteiger partial charge on any atom is 0.196 e. The number of ketones is 1. The van der Waals surface area contributed by atoms with Crippen LogP contribution in [0.15, 0.2) is 79.6 Å². The molecule has 2 aromatic rings. The second kappa shape index (κ2) is 11.1. The van der Waals surface area contributed by atoms with Gasteiger partial charge in [0.15, 0.2) is 11.5 Å². The van der Waals surface area contributed by atoms with Crippen LogP contribution < -0.4 is 0 Å². The largest absolute Gasteiger partial charge is 0.490 e. The molecule has 0 radical (unpaired) electrons. The van der Waals surface area contributed by atoms with Gasteiger partial charge in [-0.2, -0.15) is 0 Å². The molecule has 0 aliphatic heterocycles. The minimum absolute atomic E-state index is 0.00891. The molecule has 0 fully saturated rings. The zero-order valence-electron chi connectivity index (χ0n) is 15.5. The Kier molecular flexibility index (Phi) is 8.41. The monoisotopic (exact) mass is 348 g/mol. The van der Waals surface area contributed by atoms with Crippen molar-refractivity contribution in [1.82, 2.24) is 0 Å². The molecule has 0 N–H and O–H groups in total. The van der Waals surface area contributed by atoms with Crippen LogP contribution >= 0.6 is 0 Å². The van der Waals surface area contributed by atoms with E-state index in [1.807, 2.05) is 24.3 Å². The van der Waals surface area contributed by atoms with Crippen LogP contribution in [-0.4, -0.2) is 12.4 Å². The summed E-state index contributed by atoms with van der Waals surface area (Å²) in [6.07, 6.45) is 7.00. The molecule has 26 heavy (non-hydrogen) atoms. The fourth-order valence-electron chi connectivity index (χ4n) is 2.75. The van der Waals surface area contributed by atoms with Crippen LogP contribution in [-0.2, 0) is 16.0 Å². The zero-order chi connectivity index (χ0) is 18.6. The molecule has 0 bridgehead atoms. The van der Waals surface area contributed by atoms with E-state index in [-0.39, 0.29) is 5.78 Å². The second-order valence-electron chi connectivity index (χ2n) is 6.40. The summed E-state index contributed by atoms with van der Waals surface area (Å²) < 4.78 is 5.44. The highest BCUT2D eigenvalue weighted by Gasteiger charge is 2.08. The SMILES string of the molecule is C=CCCCCOC(=C)C(=O)CCCc1ccc(-c2ccccc2)cc1. The number of rotatable bonds is 12. The van der Waals surface area contributed by atoms with Crippen molar-refractivity contribution in [3.63, 3.8) is 0 Å². The highest BCUT2D eigenvalue weighted by molar-refractivity contribution is 5.92. The number of allylic oxidation sites excluding steroid dienone is 2. The first-order valence-corrected chi connectivity index (χ1v) is 9.31. The van der Waals surface area contributed by atoms with Gasteiger partial charge in [0.2, 0.25) is 0 Å². The fraction of sp³-hybridized carbons (Fsp3) is 0.292. The van der Waals surface area contributed by atoms with Crippen LogP contribution in [0.25, 0.3) is 11.1 Å². The lowest BCUT2D eigenvalue weighted by molar-refractivity contribution is -0.119. The van der Waals surface area contributed by atoms with Gasteiger partial charge in [0, 0.05) is 6.42 Å². The molecule has 0 amide bonds. The van der Waals surface area contributed by atoms with E-state index in [0.29, 0.717) is 18.8 Å². The van der Waals surface area contributed by atoms with Crippen molar-refractivity contribution in [3.05, 3.63) is 85.2 Å². The number of benzene rings is 2. The third kappa shape index (κ3) is 6.72. The van der Waals surface area contributed by atoms with E-state index in [1.54, 1.807) is 0 Å². The number of aryl methyl sites for hydroxylation is 1. The Morgan fingerprint density at radius 3 is 2.31 bits per heavy atom. The second-order valence-corrected chi connectivity index (χ2v) is 6.40. The number of unbranched alkanes of at least 4 members (excludes halogenated alkanes) is 2. The molecule has 136 valence electrons. The van der Waals surface area contributed by atoms with Crippen LogP contribution in [0.3, 0.4) is 0 Å². The fourth-order valence-corrected chi connectivity index (χ4v) is 2.75. The average Bonchev–Trinajstić information content (AvgIpc) is 2.69. The predicted octanol–water partition coefficient (Wildman–Crippen LogP) is 6.13. The number of hydrogen-bond acceptors (Lipinski definition) is 2. The van der Waals surface area contributed by atoms with Crippen molar-refractivity contribution in [2.75, 3.05) is 6.61 Å². The summed E-state index contributed by atoms with van der Waals surface area (Å²) in [7, 11) is 0. The Morgan fingerprint density at radius 1 is 0.923 bits per heavy atom.